The first-order chi connectivity index (χ1) is 21.8. The zero-order chi connectivity index (χ0) is 33.4. The van der Waals surface area contributed by atoms with Gasteiger partial charge in [0.1, 0.15) is 22.7 Å². The number of para-hydroxylation sites is 1. The van der Waals surface area contributed by atoms with E-state index in [1.54, 1.807) is 6.08 Å². The fourth-order valence-corrected chi connectivity index (χ4v) is 6.68. The Morgan fingerprint density at radius 1 is 1.13 bits per heavy atom. The summed E-state index contributed by atoms with van der Waals surface area (Å²) in [4.78, 5) is 43.4. The Bertz CT molecular complexity index is 1820. The molecular formula is C38H43N3O5. The molecule has 0 radical (unpaired) electrons. The number of hydrogen-bond acceptors (Lipinski definition) is 5. The summed E-state index contributed by atoms with van der Waals surface area (Å²) in [6, 6.07) is 9.31. The van der Waals surface area contributed by atoms with E-state index < -0.39 is 22.8 Å². The number of aromatic nitrogens is 1. The van der Waals surface area contributed by atoms with Gasteiger partial charge in [-0.1, -0.05) is 68.8 Å². The van der Waals surface area contributed by atoms with Crippen molar-refractivity contribution >= 4 is 35.1 Å². The van der Waals surface area contributed by atoms with Crippen LogP contribution < -0.4 is 10.6 Å². The van der Waals surface area contributed by atoms with Gasteiger partial charge in [-0.15, -0.1) is 6.58 Å². The van der Waals surface area contributed by atoms with Gasteiger partial charge in [-0.2, -0.15) is 0 Å². The molecule has 2 heterocycles. The largest absolute Gasteiger partial charge is 0.508 e. The topological polar surface area (TPSA) is 132 Å². The number of benzene rings is 2. The first-order valence-electron chi connectivity index (χ1n) is 15.7. The number of fused-ring (bicyclic) bond motifs is 1. The molecule has 3 atom stereocenters. The molecule has 3 aromatic rings. The number of rotatable bonds is 9. The maximum absolute atomic E-state index is 14.1. The lowest BCUT2D eigenvalue weighted by atomic mass is 9.69. The fraction of sp³-hybridized carbons (Fsp3) is 0.342. The third-order valence-electron chi connectivity index (χ3n) is 9.43. The molecule has 1 fully saturated rings. The molecule has 8 heteroatoms. The summed E-state index contributed by atoms with van der Waals surface area (Å²) < 4.78 is 0. The molecule has 2 amide bonds. The van der Waals surface area contributed by atoms with Crippen LogP contribution in [0.15, 0.2) is 72.5 Å². The molecule has 46 heavy (non-hydrogen) atoms. The van der Waals surface area contributed by atoms with Crippen LogP contribution >= 0.6 is 0 Å². The first-order valence-corrected chi connectivity index (χ1v) is 15.7. The second-order valence-electron chi connectivity index (χ2n) is 13.4. The van der Waals surface area contributed by atoms with Gasteiger partial charge in [0.15, 0.2) is 6.29 Å². The smallest absolute Gasteiger partial charge is 0.268 e. The summed E-state index contributed by atoms with van der Waals surface area (Å²) in [5.74, 6) is -1.35. The Morgan fingerprint density at radius 2 is 1.87 bits per heavy atom. The number of piperazine rings is 1. The monoisotopic (exact) mass is 621 g/mol. The predicted molar refractivity (Wildman–Crippen MR) is 182 cm³/mol. The molecule has 5 N–H and O–H groups in total. The van der Waals surface area contributed by atoms with Crippen molar-refractivity contribution in [1.82, 2.24) is 15.6 Å². The van der Waals surface area contributed by atoms with Crippen molar-refractivity contribution in [2.24, 2.45) is 11.8 Å². The van der Waals surface area contributed by atoms with Crippen LogP contribution in [-0.2, 0) is 27.8 Å². The minimum absolute atomic E-state index is 0.0267. The Balaban J connectivity index is 1.46. The summed E-state index contributed by atoms with van der Waals surface area (Å²) in [5.41, 5.74) is 2.96. The zero-order valence-corrected chi connectivity index (χ0v) is 27.2. The highest BCUT2D eigenvalue weighted by Crippen LogP contribution is 2.41. The van der Waals surface area contributed by atoms with Crippen molar-refractivity contribution in [3.63, 3.8) is 0 Å². The minimum Gasteiger partial charge on any atom is -0.508 e. The van der Waals surface area contributed by atoms with Crippen molar-refractivity contribution in [3.8, 4) is 11.5 Å². The number of phenolic OH excluding ortho intramolecular Hbond substituents is 2. The van der Waals surface area contributed by atoms with E-state index >= 15 is 0 Å². The molecule has 8 nitrogen and oxygen atoms in total. The fourth-order valence-electron chi connectivity index (χ4n) is 6.68. The second kappa shape index (κ2) is 12.5. The van der Waals surface area contributed by atoms with Gasteiger partial charge >= 0.3 is 0 Å². The van der Waals surface area contributed by atoms with Crippen LogP contribution in [0.3, 0.4) is 0 Å². The number of allylic oxidation sites excluding steroid dienone is 4. The van der Waals surface area contributed by atoms with Crippen LogP contribution in [-0.4, -0.2) is 38.8 Å². The molecule has 2 aliphatic rings. The lowest BCUT2D eigenvalue weighted by Crippen LogP contribution is -2.68. The molecule has 0 unspecified atom stereocenters. The third kappa shape index (κ3) is 5.91. The number of aromatic hydroxyl groups is 2. The summed E-state index contributed by atoms with van der Waals surface area (Å²) in [6.45, 7) is 13.9. The number of carbonyl (C=O) groups is 3. The number of hydrogen-bond donors (Lipinski definition) is 5. The van der Waals surface area contributed by atoms with Gasteiger partial charge in [0.2, 0.25) is 0 Å². The number of aldehydes is 1. The van der Waals surface area contributed by atoms with E-state index in [0.29, 0.717) is 36.7 Å². The van der Waals surface area contributed by atoms with Gasteiger partial charge in [-0.3, -0.25) is 14.4 Å². The van der Waals surface area contributed by atoms with Gasteiger partial charge in [0, 0.05) is 44.6 Å². The maximum Gasteiger partial charge on any atom is 0.268 e. The Labute approximate surface area is 270 Å². The van der Waals surface area contributed by atoms with E-state index in [0.717, 1.165) is 27.7 Å². The molecule has 1 aromatic heterocycles. The second-order valence-corrected chi connectivity index (χ2v) is 13.4. The zero-order valence-electron chi connectivity index (χ0n) is 27.2. The summed E-state index contributed by atoms with van der Waals surface area (Å²) in [6.07, 6.45) is 11.3. The van der Waals surface area contributed by atoms with Crippen LogP contribution in [0.25, 0.3) is 17.0 Å². The lowest BCUT2D eigenvalue weighted by Gasteiger charge is -2.45. The highest BCUT2D eigenvalue weighted by atomic mass is 16.3. The van der Waals surface area contributed by atoms with Gasteiger partial charge in [0.25, 0.3) is 11.8 Å². The SMILES string of the molecule is C=CC(C)(C)c1[nH]c2ccccc2c1/C=C1\NC(=O)[C@@]2(C[C@@H](C)C=C[C@H]2CCc2c(O)cc(CC=C(C)C)c(O)c2C=O)NC1=O. The molecule has 1 aliphatic heterocycles. The molecule has 1 aliphatic carbocycles. The van der Waals surface area contributed by atoms with Crippen molar-refractivity contribution in [1.29, 1.82) is 0 Å². The Kier molecular flexibility index (Phi) is 8.85. The molecule has 0 saturated carbocycles. The maximum atomic E-state index is 14.1. The number of nitrogens with one attached hydrogen (secondary N) is 3. The summed E-state index contributed by atoms with van der Waals surface area (Å²) in [5, 5.41) is 28.7. The molecule has 2 aromatic carbocycles. The summed E-state index contributed by atoms with van der Waals surface area (Å²) in [7, 11) is 0. The number of phenols is 2. The van der Waals surface area contributed by atoms with Crippen molar-refractivity contribution < 1.29 is 24.6 Å². The van der Waals surface area contributed by atoms with Crippen molar-refractivity contribution in [3.05, 3.63) is 100 Å². The van der Waals surface area contributed by atoms with Gasteiger partial charge in [-0.25, -0.2) is 0 Å². The minimum atomic E-state index is -1.23. The van der Waals surface area contributed by atoms with Crippen molar-refractivity contribution in [2.45, 2.75) is 71.3 Å². The van der Waals surface area contributed by atoms with E-state index in [9.17, 15) is 24.6 Å². The number of carbonyl (C=O) groups excluding carboxylic acids is 3. The molecule has 1 spiro atoms. The highest BCUT2D eigenvalue weighted by Gasteiger charge is 2.51. The number of H-pyrrole nitrogens is 1. The molecule has 0 bridgehead atoms. The van der Waals surface area contributed by atoms with E-state index in [2.05, 4.69) is 22.2 Å². The molecular weight excluding hydrogens is 578 g/mol. The molecule has 240 valence electrons. The Hall–Kier alpha value is -4.85. The van der Waals surface area contributed by atoms with Gasteiger partial charge in [0.05, 0.1) is 5.56 Å². The average molecular weight is 622 g/mol. The van der Waals surface area contributed by atoms with E-state index in [1.165, 1.54) is 6.07 Å². The van der Waals surface area contributed by atoms with Crippen molar-refractivity contribution in [2.75, 3.05) is 0 Å². The normalized spacial score (nSPS) is 22.2. The van der Waals surface area contributed by atoms with E-state index in [1.807, 2.05) is 83.2 Å². The van der Waals surface area contributed by atoms with E-state index in [4.69, 9.17) is 0 Å². The van der Waals surface area contributed by atoms with Crippen LogP contribution in [0.5, 0.6) is 11.5 Å². The van der Waals surface area contributed by atoms with Gasteiger partial charge in [-0.05, 0) is 63.7 Å². The molecule has 5 rings (SSSR count). The van der Waals surface area contributed by atoms with E-state index in [-0.39, 0.29) is 41.0 Å². The predicted octanol–water partition coefficient (Wildman–Crippen LogP) is 6.53. The standard InChI is InChI=1S/C38H43N3O5/c1-7-37(5,6)34-28(26-10-8-9-11-30(26)39-34)19-31-35(45)41-38(36(46)40-31)20-23(4)13-15-25(38)16-17-27-29(21-42)33(44)24(18-32(27)43)14-12-22(2)3/h7-13,15,18-19,21,23,25,39,43-44H,1,14,16-17,20H2,2-6H3,(H,40,46)(H,41,45)/b31-19-/t23-,25-,38-/m0/s1. The number of aromatic amines is 1. The number of amides is 2. The summed E-state index contributed by atoms with van der Waals surface area (Å²) >= 11 is 0. The van der Waals surface area contributed by atoms with Crippen LogP contribution in [0, 0.1) is 11.8 Å². The quantitative estimate of drug-likeness (QED) is 0.0802. The van der Waals surface area contributed by atoms with Crippen LogP contribution in [0.2, 0.25) is 0 Å². The van der Waals surface area contributed by atoms with Crippen LogP contribution in [0.4, 0.5) is 0 Å². The average Bonchev–Trinajstić information content (AvgIpc) is 3.39. The van der Waals surface area contributed by atoms with Crippen LogP contribution in [0.1, 0.15) is 80.2 Å². The lowest BCUT2D eigenvalue weighted by molar-refractivity contribution is -0.138. The highest BCUT2D eigenvalue weighted by molar-refractivity contribution is 6.10. The van der Waals surface area contributed by atoms with Gasteiger partial charge < -0.3 is 25.8 Å². The first kappa shape index (κ1) is 32.5. The molecule has 1 saturated heterocycles. The Morgan fingerprint density at radius 3 is 2.57 bits per heavy atom. The third-order valence-corrected chi connectivity index (χ3v) is 9.43.